The number of aryl methyl sites for hydroxylation is 1. The topological polar surface area (TPSA) is 81.1 Å². The van der Waals surface area contributed by atoms with Gasteiger partial charge >= 0.3 is 0 Å². The van der Waals surface area contributed by atoms with Crippen LogP contribution < -0.4 is 5.32 Å². The minimum Gasteiger partial charge on any atom is -0.326 e. The van der Waals surface area contributed by atoms with Gasteiger partial charge in [-0.3, -0.25) is 9.48 Å². The molecule has 1 heterocycles. The lowest BCUT2D eigenvalue weighted by Gasteiger charge is -2.12. The summed E-state index contributed by atoms with van der Waals surface area (Å²) >= 11 is 0. The molecule has 6 nitrogen and oxygen atoms in total. The highest BCUT2D eigenvalue weighted by Crippen LogP contribution is 2.30. The predicted octanol–water partition coefficient (Wildman–Crippen LogP) is 3.02. The summed E-state index contributed by atoms with van der Waals surface area (Å²) < 4.78 is 26.8. The maximum Gasteiger partial charge on any atom is 0.224 e. The molecule has 0 unspecified atom stereocenters. The normalized spacial score (nSPS) is 15.4. The van der Waals surface area contributed by atoms with Gasteiger partial charge in [-0.1, -0.05) is 12.8 Å². The third kappa shape index (κ3) is 4.48. The molecule has 2 aromatic rings. The summed E-state index contributed by atoms with van der Waals surface area (Å²) in [6.45, 7) is 0.693. The van der Waals surface area contributed by atoms with Gasteiger partial charge in [0.15, 0.2) is 9.84 Å². The van der Waals surface area contributed by atoms with Crippen molar-refractivity contribution in [2.24, 2.45) is 0 Å². The van der Waals surface area contributed by atoms with E-state index in [4.69, 9.17) is 0 Å². The van der Waals surface area contributed by atoms with E-state index in [9.17, 15) is 13.2 Å². The number of nitrogens with one attached hydrogen (secondary N) is 1. The Kier molecular flexibility index (Phi) is 5.53. The van der Waals surface area contributed by atoms with Crippen LogP contribution in [0.4, 0.5) is 5.69 Å². The smallest absolute Gasteiger partial charge is 0.224 e. The Morgan fingerprint density at radius 2 is 1.92 bits per heavy atom. The molecule has 1 aromatic carbocycles. The van der Waals surface area contributed by atoms with Gasteiger partial charge in [-0.15, -0.1) is 0 Å². The molecule has 0 aliphatic heterocycles. The van der Waals surface area contributed by atoms with Gasteiger partial charge in [0.2, 0.25) is 5.91 Å². The highest BCUT2D eigenvalue weighted by Gasteiger charge is 2.30. The molecule has 1 amide bonds. The van der Waals surface area contributed by atoms with E-state index in [-0.39, 0.29) is 11.2 Å². The summed E-state index contributed by atoms with van der Waals surface area (Å²) in [5.41, 5.74) is 0.620. The van der Waals surface area contributed by atoms with Gasteiger partial charge in [0, 0.05) is 31.0 Å². The van der Waals surface area contributed by atoms with E-state index in [2.05, 4.69) is 10.4 Å². The fourth-order valence-electron chi connectivity index (χ4n) is 3.18. The largest absolute Gasteiger partial charge is 0.326 e. The number of nitrogens with zero attached hydrogens (tertiary/aromatic N) is 2. The van der Waals surface area contributed by atoms with Gasteiger partial charge < -0.3 is 5.32 Å². The van der Waals surface area contributed by atoms with Gasteiger partial charge in [-0.25, -0.2) is 8.42 Å². The van der Waals surface area contributed by atoms with Gasteiger partial charge in [0.05, 0.1) is 10.1 Å². The van der Waals surface area contributed by atoms with E-state index in [1.54, 1.807) is 35.1 Å². The van der Waals surface area contributed by atoms with E-state index >= 15 is 0 Å². The Morgan fingerprint density at radius 1 is 1.20 bits per heavy atom. The van der Waals surface area contributed by atoms with Crippen molar-refractivity contribution in [3.05, 3.63) is 42.7 Å². The molecule has 0 radical (unpaired) electrons. The van der Waals surface area contributed by atoms with Gasteiger partial charge in [-0.2, -0.15) is 5.10 Å². The number of benzene rings is 1. The monoisotopic (exact) mass is 361 g/mol. The molecule has 1 N–H and O–H groups in total. The van der Waals surface area contributed by atoms with Crippen molar-refractivity contribution < 1.29 is 13.2 Å². The molecule has 1 aliphatic carbocycles. The fraction of sp³-hybridized carbons (Fsp3) is 0.444. The third-order valence-corrected chi connectivity index (χ3v) is 6.84. The number of anilines is 1. The van der Waals surface area contributed by atoms with Gasteiger partial charge in [0.25, 0.3) is 0 Å². The number of carbonyl (C=O) groups excluding carboxylic acids is 1. The number of sulfone groups is 1. The second-order valence-electron chi connectivity index (χ2n) is 6.40. The average Bonchev–Trinajstić information content (AvgIpc) is 3.29. The lowest BCUT2D eigenvalue weighted by Crippen LogP contribution is -2.18. The van der Waals surface area contributed by atoms with E-state index in [0.717, 1.165) is 25.7 Å². The van der Waals surface area contributed by atoms with Crippen LogP contribution in [-0.4, -0.2) is 29.4 Å². The van der Waals surface area contributed by atoms with Crippen molar-refractivity contribution in [1.29, 1.82) is 0 Å². The number of hydrogen-bond donors (Lipinski definition) is 1. The van der Waals surface area contributed by atoms with E-state index in [1.807, 2.05) is 12.3 Å². The maximum absolute atomic E-state index is 12.5. The summed E-state index contributed by atoms with van der Waals surface area (Å²) in [6, 6.07) is 8.35. The molecule has 1 aromatic heterocycles. The molecule has 0 bridgehead atoms. The SMILES string of the molecule is O=C(CCCn1cccn1)Nc1ccc(S(=O)(=O)C2CCCC2)cc1. The lowest BCUT2D eigenvalue weighted by atomic mass is 10.2. The molecule has 7 heteroatoms. The average molecular weight is 361 g/mol. The first kappa shape index (κ1) is 17.7. The van der Waals surface area contributed by atoms with Crippen LogP contribution in [0.3, 0.4) is 0 Å². The van der Waals surface area contributed by atoms with Crippen LogP contribution in [0.15, 0.2) is 47.6 Å². The molecule has 25 heavy (non-hydrogen) atoms. The van der Waals surface area contributed by atoms with Crippen molar-refractivity contribution in [2.75, 3.05) is 5.32 Å². The molecule has 1 fully saturated rings. The van der Waals surface area contributed by atoms with Gasteiger partial charge in [-0.05, 0) is 49.6 Å². The zero-order valence-corrected chi connectivity index (χ0v) is 14.9. The number of carbonyl (C=O) groups is 1. The number of aromatic nitrogens is 2. The lowest BCUT2D eigenvalue weighted by molar-refractivity contribution is -0.116. The second-order valence-corrected chi connectivity index (χ2v) is 8.62. The maximum atomic E-state index is 12.5. The van der Waals surface area contributed by atoms with Crippen LogP contribution in [0.1, 0.15) is 38.5 Å². The van der Waals surface area contributed by atoms with Crippen molar-refractivity contribution in [1.82, 2.24) is 9.78 Å². The van der Waals surface area contributed by atoms with Gasteiger partial charge in [0.1, 0.15) is 0 Å². The van der Waals surface area contributed by atoms with Crippen molar-refractivity contribution in [3.63, 3.8) is 0 Å². The molecular weight excluding hydrogens is 338 g/mol. The van der Waals surface area contributed by atoms with Crippen LogP contribution >= 0.6 is 0 Å². The summed E-state index contributed by atoms with van der Waals surface area (Å²) in [4.78, 5) is 12.3. The van der Waals surface area contributed by atoms with Crippen molar-refractivity contribution in [2.45, 2.75) is 55.2 Å². The second kappa shape index (κ2) is 7.82. The molecule has 134 valence electrons. The third-order valence-electron chi connectivity index (χ3n) is 4.56. The molecule has 0 spiro atoms. The van der Waals surface area contributed by atoms with E-state index < -0.39 is 9.84 Å². The van der Waals surface area contributed by atoms with Crippen molar-refractivity contribution >= 4 is 21.4 Å². The highest BCUT2D eigenvalue weighted by atomic mass is 32.2. The standard InChI is InChI=1S/C18H23N3O3S/c22-18(7-3-13-21-14-4-12-19-21)20-15-8-10-17(11-9-15)25(23,24)16-5-1-2-6-16/h4,8-12,14,16H,1-3,5-7,13H2,(H,20,22). The summed E-state index contributed by atoms with van der Waals surface area (Å²) in [5.74, 6) is -0.0847. The first-order valence-corrected chi connectivity index (χ1v) is 10.2. The van der Waals surface area contributed by atoms with Crippen LogP contribution in [-0.2, 0) is 21.2 Å². The zero-order valence-electron chi connectivity index (χ0n) is 14.1. The first-order valence-electron chi connectivity index (χ1n) is 8.67. The Hall–Kier alpha value is -2.15. The van der Waals surface area contributed by atoms with Crippen LogP contribution in [0, 0.1) is 0 Å². The number of amides is 1. The minimum atomic E-state index is -3.25. The Morgan fingerprint density at radius 3 is 2.56 bits per heavy atom. The van der Waals surface area contributed by atoms with Crippen LogP contribution in [0.25, 0.3) is 0 Å². The Bertz CT molecular complexity index is 793. The molecule has 0 saturated heterocycles. The number of rotatable bonds is 7. The Labute approximate surface area is 148 Å². The number of hydrogen-bond acceptors (Lipinski definition) is 4. The quantitative estimate of drug-likeness (QED) is 0.822. The van der Waals surface area contributed by atoms with Crippen molar-refractivity contribution in [3.8, 4) is 0 Å². The first-order chi connectivity index (χ1) is 12.1. The highest BCUT2D eigenvalue weighted by molar-refractivity contribution is 7.92. The van der Waals surface area contributed by atoms with Crippen LogP contribution in [0.5, 0.6) is 0 Å². The fourth-order valence-corrected chi connectivity index (χ4v) is 5.03. The van der Waals surface area contributed by atoms with Crippen LogP contribution in [0.2, 0.25) is 0 Å². The predicted molar refractivity (Wildman–Crippen MR) is 96.0 cm³/mol. The summed E-state index contributed by atoms with van der Waals surface area (Å²) in [7, 11) is -3.25. The Balaban J connectivity index is 1.52. The molecule has 1 saturated carbocycles. The molecule has 1 aliphatic rings. The minimum absolute atomic E-state index is 0.0847. The molecule has 3 rings (SSSR count). The molecule has 0 atom stereocenters. The zero-order chi connectivity index (χ0) is 17.7. The molecular formula is C18H23N3O3S. The van der Waals surface area contributed by atoms with E-state index in [1.165, 1.54) is 0 Å². The van der Waals surface area contributed by atoms with E-state index in [0.29, 0.717) is 30.0 Å². The summed E-state index contributed by atoms with van der Waals surface area (Å²) in [6.07, 6.45) is 8.12. The summed E-state index contributed by atoms with van der Waals surface area (Å²) in [5, 5.41) is 6.64.